The second kappa shape index (κ2) is 5.55. The first-order valence-corrected chi connectivity index (χ1v) is 4.75. The van der Waals surface area contributed by atoms with Gasteiger partial charge in [-0.25, -0.2) is 8.42 Å². The molecule has 1 N–H and O–H groups in total. The molecule has 6 nitrogen and oxygen atoms in total. The van der Waals surface area contributed by atoms with Gasteiger partial charge < -0.3 is 4.55 Å². The second-order valence-electron chi connectivity index (χ2n) is 2.42. The molecule has 0 atom stereocenters. The number of aromatic nitrogens is 3. The van der Waals surface area contributed by atoms with E-state index in [1.807, 2.05) is 0 Å². The molecule has 0 amide bonds. The van der Waals surface area contributed by atoms with Crippen LogP contribution in [0.4, 0.5) is 0 Å². The number of nitrogens with one attached hydrogen (secondary N) is 1. The number of fused-ring (bicyclic) bond motifs is 1. The van der Waals surface area contributed by atoms with Crippen LogP contribution in [-0.4, -0.2) is 57.9 Å². The molecule has 0 bridgehead atoms. The van der Waals surface area contributed by atoms with E-state index < -0.39 is 10.1 Å². The topological polar surface area (TPSA) is 98.8 Å². The average Bonchev–Trinajstić information content (AvgIpc) is 2.48. The van der Waals surface area contributed by atoms with Gasteiger partial charge in [-0.15, -0.1) is 5.10 Å². The Morgan fingerprint density at radius 2 is 2.00 bits per heavy atom. The van der Waals surface area contributed by atoms with Gasteiger partial charge in [0.15, 0.2) is 0 Å². The van der Waals surface area contributed by atoms with Gasteiger partial charge in [0.05, 0.1) is 10.4 Å². The second-order valence-corrected chi connectivity index (χ2v) is 3.77. The number of hydrogen-bond acceptors (Lipinski definition) is 5. The SMILES string of the molecule is O=S(=O)([O-])c1cccc2[nH]nnc12.[Ag+].[NaH]. The van der Waals surface area contributed by atoms with E-state index in [0.29, 0.717) is 5.52 Å². The molecule has 2 aromatic rings. The van der Waals surface area contributed by atoms with Gasteiger partial charge in [0.25, 0.3) is 0 Å². The molecular weight excluding hydrogens is 325 g/mol. The van der Waals surface area contributed by atoms with Crippen LogP contribution in [-0.2, 0) is 32.5 Å². The number of H-pyrrole nitrogens is 1. The van der Waals surface area contributed by atoms with Gasteiger partial charge in [-0.05, 0) is 12.1 Å². The van der Waals surface area contributed by atoms with Crippen molar-refractivity contribution in [2.75, 3.05) is 0 Å². The van der Waals surface area contributed by atoms with Gasteiger partial charge in [-0.3, -0.25) is 5.10 Å². The summed E-state index contributed by atoms with van der Waals surface area (Å²) in [6, 6.07) is 4.24. The summed E-state index contributed by atoms with van der Waals surface area (Å²) in [7, 11) is -4.47. The molecule has 0 saturated heterocycles. The Morgan fingerprint density at radius 3 is 2.60 bits per heavy atom. The Kier molecular flexibility index (Phi) is 5.65. The van der Waals surface area contributed by atoms with Crippen molar-refractivity contribution in [1.29, 1.82) is 0 Å². The average molecular weight is 330 g/mol. The minimum atomic E-state index is -4.47. The minimum absolute atomic E-state index is 0. The summed E-state index contributed by atoms with van der Waals surface area (Å²) < 4.78 is 32.1. The predicted molar refractivity (Wildman–Crippen MR) is 49.0 cm³/mol. The van der Waals surface area contributed by atoms with E-state index >= 15 is 0 Å². The summed E-state index contributed by atoms with van der Waals surface area (Å²) in [6.45, 7) is 0. The maximum absolute atomic E-state index is 10.7. The van der Waals surface area contributed by atoms with Crippen LogP contribution in [0.25, 0.3) is 11.0 Å². The van der Waals surface area contributed by atoms with E-state index in [1.165, 1.54) is 12.1 Å². The molecule has 80 valence electrons. The first-order chi connectivity index (χ1) is 6.09. The molecule has 0 radical (unpaired) electrons. The summed E-state index contributed by atoms with van der Waals surface area (Å²) in [4.78, 5) is -0.348. The van der Waals surface area contributed by atoms with Crippen molar-refractivity contribution >= 4 is 50.7 Å². The van der Waals surface area contributed by atoms with E-state index in [1.54, 1.807) is 6.07 Å². The summed E-state index contributed by atoms with van der Waals surface area (Å²) >= 11 is 0. The van der Waals surface area contributed by atoms with Gasteiger partial charge in [0.2, 0.25) is 0 Å². The third kappa shape index (κ3) is 3.11. The Balaban J connectivity index is 0.000000980. The normalized spacial score (nSPS) is 10.5. The zero-order valence-electron chi connectivity index (χ0n) is 6.56. The summed E-state index contributed by atoms with van der Waals surface area (Å²) in [6.07, 6.45) is 0. The zero-order chi connectivity index (χ0) is 9.47. The first-order valence-electron chi connectivity index (χ1n) is 3.35. The summed E-state index contributed by atoms with van der Waals surface area (Å²) in [5, 5.41) is 9.37. The van der Waals surface area contributed by atoms with E-state index in [4.69, 9.17) is 0 Å². The van der Waals surface area contributed by atoms with Crippen LogP contribution in [0.3, 0.4) is 0 Å². The van der Waals surface area contributed by atoms with Gasteiger partial charge in [-0.2, -0.15) is 0 Å². The van der Waals surface area contributed by atoms with E-state index in [9.17, 15) is 13.0 Å². The van der Waals surface area contributed by atoms with Gasteiger partial charge >= 0.3 is 51.9 Å². The monoisotopic (exact) mass is 329 g/mol. The van der Waals surface area contributed by atoms with Crippen molar-refractivity contribution in [3.63, 3.8) is 0 Å². The van der Waals surface area contributed by atoms with Crippen molar-refractivity contribution in [2.24, 2.45) is 0 Å². The predicted octanol–water partition coefficient (Wildman–Crippen LogP) is -0.789. The first kappa shape index (κ1) is 15.3. The number of hydrogen-bond donors (Lipinski definition) is 1. The summed E-state index contributed by atoms with van der Waals surface area (Å²) in [5.41, 5.74) is 0.509. The van der Waals surface area contributed by atoms with Crippen molar-refractivity contribution in [3.8, 4) is 0 Å². The molecule has 0 spiro atoms. The number of aromatic amines is 1. The quantitative estimate of drug-likeness (QED) is 0.546. The summed E-state index contributed by atoms with van der Waals surface area (Å²) in [5.74, 6) is 0. The van der Waals surface area contributed by atoms with Crippen molar-refractivity contribution in [1.82, 2.24) is 15.4 Å². The van der Waals surface area contributed by atoms with Crippen molar-refractivity contribution in [3.05, 3.63) is 18.2 Å². The van der Waals surface area contributed by atoms with Gasteiger partial charge in [0.1, 0.15) is 15.6 Å². The molecule has 0 aliphatic rings. The van der Waals surface area contributed by atoms with Crippen LogP contribution < -0.4 is 0 Å². The molecule has 0 aliphatic heterocycles. The van der Waals surface area contributed by atoms with Crippen LogP contribution in [0, 0.1) is 0 Å². The Morgan fingerprint density at radius 1 is 1.33 bits per heavy atom. The van der Waals surface area contributed by atoms with E-state index in [0.717, 1.165) is 0 Å². The molecule has 2 rings (SSSR count). The maximum atomic E-state index is 10.7. The van der Waals surface area contributed by atoms with Crippen LogP contribution in [0.15, 0.2) is 23.1 Å². The molecule has 15 heavy (non-hydrogen) atoms. The van der Waals surface area contributed by atoms with Crippen LogP contribution in [0.1, 0.15) is 0 Å². The van der Waals surface area contributed by atoms with Crippen molar-refractivity contribution in [2.45, 2.75) is 4.90 Å². The molecule has 0 aliphatic carbocycles. The van der Waals surface area contributed by atoms with Crippen LogP contribution in [0.2, 0.25) is 0 Å². The molecule has 1 aromatic carbocycles. The fourth-order valence-electron chi connectivity index (χ4n) is 1.05. The van der Waals surface area contributed by atoms with Crippen LogP contribution in [0.5, 0.6) is 0 Å². The third-order valence-electron chi connectivity index (χ3n) is 1.59. The zero-order valence-corrected chi connectivity index (χ0v) is 8.86. The Hall–Kier alpha value is 0.270. The third-order valence-corrected chi connectivity index (χ3v) is 2.46. The van der Waals surface area contributed by atoms with Gasteiger partial charge in [-0.1, -0.05) is 11.3 Å². The standard InChI is InChI=1S/C6H5N3O3S.Ag.Na.H/c10-13(11,12)5-3-1-2-4-6(5)8-9-7-4;;;/h1-3H,(H,7,8,9)(H,10,11,12);;;/q;+1;;/p-1. The van der Waals surface area contributed by atoms with E-state index in [-0.39, 0.29) is 62.3 Å². The fraction of sp³-hybridized carbons (Fsp3) is 0. The molecular formula is C6H5AgN3NaO3S. The van der Waals surface area contributed by atoms with Crippen LogP contribution >= 0.6 is 0 Å². The molecule has 0 fully saturated rings. The molecule has 9 heteroatoms. The van der Waals surface area contributed by atoms with E-state index in [2.05, 4.69) is 15.4 Å². The van der Waals surface area contributed by atoms with Crippen molar-refractivity contribution < 1.29 is 35.4 Å². The fourth-order valence-corrected chi connectivity index (χ4v) is 1.68. The number of rotatable bonds is 1. The Labute approximate surface area is 123 Å². The molecule has 0 unspecified atom stereocenters. The molecule has 0 saturated carbocycles. The molecule has 1 heterocycles. The molecule has 1 aromatic heterocycles. The number of nitrogens with zero attached hydrogens (tertiary/aromatic N) is 2. The number of benzene rings is 1. The Bertz CT molecular complexity index is 556. The van der Waals surface area contributed by atoms with Gasteiger partial charge in [0, 0.05) is 0 Å².